The van der Waals surface area contributed by atoms with Crippen molar-refractivity contribution in [2.45, 2.75) is 126 Å². The van der Waals surface area contributed by atoms with Crippen LogP contribution in [-0.2, 0) is 23.9 Å². The Labute approximate surface area is 253 Å². The van der Waals surface area contributed by atoms with Crippen LogP contribution in [0.25, 0.3) is 0 Å². The quantitative estimate of drug-likeness (QED) is 0.275. The topological polar surface area (TPSA) is 80.8 Å². The number of fused-ring (bicyclic) bond motifs is 7. The molecule has 3 unspecified atom stereocenters. The molecule has 5 aliphatic carbocycles. The highest BCUT2D eigenvalue weighted by molar-refractivity contribution is 6.39. The van der Waals surface area contributed by atoms with Gasteiger partial charge in [0.25, 0.3) is 5.91 Å². The molecule has 1 aliphatic heterocycles. The van der Waals surface area contributed by atoms with Crippen LogP contribution in [0.3, 0.4) is 0 Å². The third-order valence-corrected chi connectivity index (χ3v) is 15.1. The minimum absolute atomic E-state index is 0.00673. The molecule has 234 valence electrons. The predicted molar refractivity (Wildman–Crippen MR) is 161 cm³/mol. The maximum atomic E-state index is 14.2. The van der Waals surface area contributed by atoms with Crippen LogP contribution in [0.4, 0.5) is 0 Å². The molecule has 5 saturated carbocycles. The largest absolute Gasteiger partial charge is 0.462 e. The maximum Gasteiger partial charge on any atom is 0.302 e. The standard InChI is InChI=1S/C36H55NO5/c1-21(2)28-24(39)20-36(30(40)31(41)37-18-9-19-37)17-16-34(7)23(29(28)36)10-11-26-33(6)14-13-27(42-22(3)38)32(4,5)25(33)12-15-35(26,34)8/h21,23,25-29H,9-20H2,1-8H3/t23-,25+,26-,27+,28?,29?,33+,34-,35?,36-/m1/s1. The van der Waals surface area contributed by atoms with Crippen molar-refractivity contribution in [3.63, 3.8) is 0 Å². The fourth-order valence-electron chi connectivity index (χ4n) is 12.9. The molecule has 0 aromatic carbocycles. The van der Waals surface area contributed by atoms with E-state index in [-0.39, 0.29) is 81.3 Å². The molecule has 0 spiro atoms. The van der Waals surface area contributed by atoms with Gasteiger partial charge >= 0.3 is 5.97 Å². The summed E-state index contributed by atoms with van der Waals surface area (Å²) < 4.78 is 5.91. The van der Waals surface area contributed by atoms with Crippen molar-refractivity contribution in [2.75, 3.05) is 13.1 Å². The van der Waals surface area contributed by atoms with Crippen molar-refractivity contribution in [3.05, 3.63) is 0 Å². The average Bonchev–Trinajstić information content (AvgIpc) is 3.17. The fourth-order valence-corrected chi connectivity index (χ4v) is 12.9. The van der Waals surface area contributed by atoms with Crippen LogP contribution in [0.5, 0.6) is 0 Å². The zero-order valence-corrected chi connectivity index (χ0v) is 27.5. The molecule has 1 amide bonds. The fraction of sp³-hybridized carbons (Fsp3) is 0.889. The van der Waals surface area contributed by atoms with Gasteiger partial charge in [0.05, 0.1) is 0 Å². The van der Waals surface area contributed by atoms with Gasteiger partial charge in [0.1, 0.15) is 11.9 Å². The first kappa shape index (κ1) is 30.3. The number of hydrogen-bond acceptors (Lipinski definition) is 5. The normalized spacial score (nSPS) is 47.5. The molecule has 6 rings (SSSR count). The lowest BCUT2D eigenvalue weighted by Gasteiger charge is -2.72. The Balaban J connectivity index is 1.37. The van der Waals surface area contributed by atoms with Crippen LogP contribution in [-0.4, -0.2) is 47.5 Å². The molecule has 10 atom stereocenters. The van der Waals surface area contributed by atoms with Crippen molar-refractivity contribution >= 4 is 23.4 Å². The highest BCUT2D eigenvalue weighted by atomic mass is 16.5. The molecule has 0 N–H and O–H groups in total. The Morgan fingerprint density at radius 3 is 2.14 bits per heavy atom. The van der Waals surface area contributed by atoms with Gasteiger partial charge in [0.2, 0.25) is 5.78 Å². The Hall–Kier alpha value is -1.72. The SMILES string of the molecule is CC(=O)O[C@H]1CC[C@@]2(C)[C@@H](CCC3(C)[C@@H]2CC[C@@H]2C4C(C(C)C)C(=O)C[C@]4(C(=O)C(=O)N4CCC4)CC[C@]23C)C1(C)C. The van der Waals surface area contributed by atoms with E-state index in [4.69, 9.17) is 4.74 Å². The number of amides is 1. The molecular formula is C36H55NO5. The highest BCUT2D eigenvalue weighted by Crippen LogP contribution is 2.77. The summed E-state index contributed by atoms with van der Waals surface area (Å²) in [5, 5.41) is 0. The van der Waals surface area contributed by atoms with E-state index in [9.17, 15) is 19.2 Å². The van der Waals surface area contributed by atoms with Crippen molar-refractivity contribution in [1.82, 2.24) is 4.90 Å². The third-order valence-electron chi connectivity index (χ3n) is 15.1. The summed E-state index contributed by atoms with van der Waals surface area (Å²) in [6.45, 7) is 19.4. The number of ketones is 2. The van der Waals surface area contributed by atoms with Crippen LogP contribution in [0.15, 0.2) is 0 Å². The summed E-state index contributed by atoms with van der Waals surface area (Å²) >= 11 is 0. The lowest BCUT2D eigenvalue weighted by Crippen LogP contribution is -2.67. The van der Waals surface area contributed by atoms with Crippen molar-refractivity contribution in [1.29, 1.82) is 0 Å². The molecule has 6 fully saturated rings. The van der Waals surface area contributed by atoms with E-state index in [0.29, 0.717) is 31.3 Å². The average molecular weight is 582 g/mol. The van der Waals surface area contributed by atoms with Crippen LogP contribution in [0.2, 0.25) is 0 Å². The van der Waals surface area contributed by atoms with Gasteiger partial charge in [-0.15, -0.1) is 0 Å². The summed E-state index contributed by atoms with van der Waals surface area (Å²) in [6.07, 6.45) is 9.13. The van der Waals surface area contributed by atoms with E-state index in [0.717, 1.165) is 51.4 Å². The van der Waals surface area contributed by atoms with E-state index in [1.54, 1.807) is 4.90 Å². The summed E-state index contributed by atoms with van der Waals surface area (Å²) in [5.41, 5.74) is -0.648. The number of likely N-dealkylation sites (tertiary alicyclic amines) is 1. The third kappa shape index (κ3) is 3.80. The first-order valence-corrected chi connectivity index (χ1v) is 17.1. The van der Waals surface area contributed by atoms with E-state index in [2.05, 4.69) is 48.5 Å². The van der Waals surface area contributed by atoms with Crippen molar-refractivity contribution in [2.24, 2.45) is 62.6 Å². The number of carbonyl (C=O) groups is 4. The number of nitrogens with zero attached hydrogens (tertiary/aromatic N) is 1. The molecule has 1 heterocycles. The monoisotopic (exact) mass is 581 g/mol. The Morgan fingerprint density at radius 1 is 0.857 bits per heavy atom. The van der Waals surface area contributed by atoms with Crippen LogP contribution in [0.1, 0.15) is 120 Å². The van der Waals surface area contributed by atoms with Crippen molar-refractivity contribution in [3.8, 4) is 0 Å². The molecule has 6 aliphatic rings. The Kier molecular flexibility index (Phi) is 6.96. The summed E-state index contributed by atoms with van der Waals surface area (Å²) in [6, 6.07) is 0. The van der Waals surface area contributed by atoms with E-state index >= 15 is 0 Å². The smallest absolute Gasteiger partial charge is 0.302 e. The minimum Gasteiger partial charge on any atom is -0.462 e. The molecule has 0 aromatic heterocycles. The van der Waals surface area contributed by atoms with Gasteiger partial charge in [-0.1, -0.05) is 48.5 Å². The lowest BCUT2D eigenvalue weighted by atomic mass is 9.32. The second-order valence-electron chi connectivity index (χ2n) is 17.2. The highest BCUT2D eigenvalue weighted by Gasteiger charge is 2.73. The number of ether oxygens (including phenoxy) is 1. The predicted octanol–water partition coefficient (Wildman–Crippen LogP) is 6.64. The Bertz CT molecular complexity index is 1190. The molecular weight excluding hydrogens is 526 g/mol. The van der Waals surface area contributed by atoms with Gasteiger partial charge < -0.3 is 9.64 Å². The molecule has 42 heavy (non-hydrogen) atoms. The van der Waals surface area contributed by atoms with Crippen molar-refractivity contribution < 1.29 is 23.9 Å². The molecule has 6 nitrogen and oxygen atoms in total. The zero-order chi connectivity index (χ0) is 30.6. The van der Waals surface area contributed by atoms with Crippen LogP contribution < -0.4 is 0 Å². The summed E-state index contributed by atoms with van der Waals surface area (Å²) in [7, 11) is 0. The number of esters is 1. The molecule has 0 aromatic rings. The second-order valence-corrected chi connectivity index (χ2v) is 17.2. The number of hydrogen-bond donors (Lipinski definition) is 0. The first-order chi connectivity index (χ1) is 19.5. The molecule has 0 bridgehead atoms. The number of rotatable bonds is 4. The van der Waals surface area contributed by atoms with Gasteiger partial charge in [0.15, 0.2) is 0 Å². The van der Waals surface area contributed by atoms with Gasteiger partial charge in [-0.3, -0.25) is 19.2 Å². The van der Waals surface area contributed by atoms with Gasteiger partial charge in [-0.05, 0) is 104 Å². The van der Waals surface area contributed by atoms with E-state index < -0.39 is 5.41 Å². The van der Waals surface area contributed by atoms with Crippen LogP contribution >= 0.6 is 0 Å². The van der Waals surface area contributed by atoms with E-state index in [1.807, 2.05) is 0 Å². The summed E-state index contributed by atoms with van der Waals surface area (Å²) in [4.78, 5) is 55.2. The maximum absolute atomic E-state index is 14.2. The zero-order valence-electron chi connectivity index (χ0n) is 27.5. The second kappa shape index (κ2) is 9.64. The van der Waals surface area contributed by atoms with E-state index in [1.165, 1.54) is 6.92 Å². The van der Waals surface area contributed by atoms with Gasteiger partial charge in [0, 0.05) is 43.2 Å². The molecule has 0 radical (unpaired) electrons. The number of carbonyl (C=O) groups excluding carboxylic acids is 4. The van der Waals surface area contributed by atoms with Crippen LogP contribution in [0, 0.1) is 62.6 Å². The molecule has 1 saturated heterocycles. The van der Waals surface area contributed by atoms with Gasteiger partial charge in [-0.25, -0.2) is 0 Å². The first-order valence-electron chi connectivity index (χ1n) is 17.1. The Morgan fingerprint density at radius 2 is 1.55 bits per heavy atom. The minimum atomic E-state index is -0.822. The summed E-state index contributed by atoms with van der Waals surface area (Å²) in [5.74, 6) is 0.737. The van der Waals surface area contributed by atoms with Gasteiger partial charge in [-0.2, -0.15) is 0 Å². The molecule has 6 heteroatoms. The number of Topliss-reactive ketones (excluding diaryl/α,β-unsaturated/α-hetero) is 2. The lowest BCUT2D eigenvalue weighted by molar-refractivity contribution is -0.249.